The van der Waals surface area contributed by atoms with Gasteiger partial charge < -0.3 is 5.73 Å². The van der Waals surface area contributed by atoms with Crippen molar-refractivity contribution in [1.82, 2.24) is 9.78 Å². The molecule has 1 aromatic carbocycles. The average Bonchev–Trinajstić information content (AvgIpc) is 2.87. The number of nitrogens with zero attached hydrogens (tertiary/aromatic N) is 2. The van der Waals surface area contributed by atoms with E-state index in [9.17, 15) is 8.42 Å². The molecule has 0 saturated heterocycles. The molecule has 1 aromatic heterocycles. The van der Waals surface area contributed by atoms with Crippen LogP contribution in [0.25, 0.3) is 0 Å². The Morgan fingerprint density at radius 1 is 1.38 bits per heavy atom. The van der Waals surface area contributed by atoms with Crippen LogP contribution < -0.4 is 10.5 Å². The summed E-state index contributed by atoms with van der Waals surface area (Å²) in [6.45, 7) is 2.62. The van der Waals surface area contributed by atoms with E-state index in [1.807, 2.05) is 6.92 Å². The van der Waals surface area contributed by atoms with Gasteiger partial charge in [-0.15, -0.1) is 0 Å². The van der Waals surface area contributed by atoms with Crippen molar-refractivity contribution in [2.45, 2.75) is 24.9 Å². The van der Waals surface area contributed by atoms with Crippen molar-refractivity contribution in [3.63, 3.8) is 0 Å². The lowest BCUT2D eigenvalue weighted by Gasteiger charge is -2.11. The third kappa shape index (κ3) is 3.49. The van der Waals surface area contributed by atoms with Crippen LogP contribution in [0.4, 0.5) is 5.69 Å². The standard InChI is InChI=1S/C12H14Cl2N4O2S/c1-2-18-7-10(6-16-18)17-21(19,20)11-4-9(13)3-8(5-15)12(11)14/h3-4,6-7,17H,2,5,15H2,1H3. The highest BCUT2D eigenvalue weighted by Crippen LogP contribution is 2.30. The number of anilines is 1. The smallest absolute Gasteiger partial charge is 0.263 e. The number of halogens is 2. The van der Waals surface area contributed by atoms with Crippen LogP contribution >= 0.6 is 23.2 Å². The summed E-state index contributed by atoms with van der Waals surface area (Å²) in [6.07, 6.45) is 3.00. The van der Waals surface area contributed by atoms with Crippen LogP contribution in [0.5, 0.6) is 0 Å². The van der Waals surface area contributed by atoms with E-state index in [1.54, 1.807) is 10.9 Å². The summed E-state index contributed by atoms with van der Waals surface area (Å²) < 4.78 is 28.8. The molecule has 0 unspecified atom stereocenters. The van der Waals surface area contributed by atoms with Crippen molar-refractivity contribution >= 4 is 38.9 Å². The van der Waals surface area contributed by atoms with E-state index in [0.717, 1.165) is 0 Å². The predicted octanol–water partition coefficient (Wildman–Crippen LogP) is 2.47. The minimum Gasteiger partial charge on any atom is -0.326 e. The number of sulfonamides is 1. The highest BCUT2D eigenvalue weighted by molar-refractivity contribution is 7.92. The van der Waals surface area contributed by atoms with Crippen molar-refractivity contribution < 1.29 is 8.42 Å². The molecule has 6 nitrogen and oxygen atoms in total. The summed E-state index contributed by atoms with van der Waals surface area (Å²) >= 11 is 12.0. The van der Waals surface area contributed by atoms with E-state index >= 15 is 0 Å². The molecule has 0 radical (unpaired) electrons. The zero-order valence-electron chi connectivity index (χ0n) is 11.2. The lowest BCUT2D eigenvalue weighted by molar-refractivity contribution is 0.601. The van der Waals surface area contributed by atoms with Crippen LogP contribution in [0.2, 0.25) is 10.0 Å². The van der Waals surface area contributed by atoms with Gasteiger partial charge in [-0.1, -0.05) is 23.2 Å². The first-order chi connectivity index (χ1) is 9.87. The summed E-state index contributed by atoms with van der Waals surface area (Å²) in [7, 11) is -3.87. The van der Waals surface area contributed by atoms with Gasteiger partial charge in [0.1, 0.15) is 4.90 Å². The quantitative estimate of drug-likeness (QED) is 0.868. The third-order valence-corrected chi connectivity index (χ3v) is 4.98. The highest BCUT2D eigenvalue weighted by Gasteiger charge is 2.21. The number of rotatable bonds is 5. The second-order valence-corrected chi connectivity index (χ2v) is 6.74. The monoisotopic (exact) mass is 348 g/mol. The molecule has 0 aliphatic rings. The normalized spacial score (nSPS) is 11.6. The number of benzene rings is 1. The number of aromatic nitrogens is 2. The molecule has 21 heavy (non-hydrogen) atoms. The SMILES string of the molecule is CCn1cc(NS(=O)(=O)c2cc(Cl)cc(CN)c2Cl)cn1. The molecule has 1 heterocycles. The van der Waals surface area contributed by atoms with Crippen LogP contribution in [0.1, 0.15) is 12.5 Å². The molecule has 0 amide bonds. The molecule has 2 rings (SSSR count). The molecule has 9 heteroatoms. The topological polar surface area (TPSA) is 90.0 Å². The molecule has 2 aromatic rings. The fraction of sp³-hybridized carbons (Fsp3) is 0.250. The summed E-state index contributed by atoms with van der Waals surface area (Å²) in [4.78, 5) is -0.110. The number of nitrogens with two attached hydrogens (primary N) is 1. The van der Waals surface area contributed by atoms with Gasteiger partial charge in [0, 0.05) is 24.3 Å². The second-order valence-electron chi connectivity index (χ2n) is 4.27. The van der Waals surface area contributed by atoms with Gasteiger partial charge in [-0.05, 0) is 24.6 Å². The van der Waals surface area contributed by atoms with E-state index in [2.05, 4.69) is 9.82 Å². The lowest BCUT2D eigenvalue weighted by atomic mass is 10.2. The lowest BCUT2D eigenvalue weighted by Crippen LogP contribution is -2.14. The molecule has 0 aliphatic carbocycles. The van der Waals surface area contributed by atoms with Crippen molar-refractivity contribution in [3.8, 4) is 0 Å². The molecule has 0 atom stereocenters. The Morgan fingerprint density at radius 2 is 2.10 bits per heavy atom. The summed E-state index contributed by atoms with van der Waals surface area (Å²) in [5, 5.41) is 4.32. The van der Waals surface area contributed by atoms with Crippen LogP contribution in [0.15, 0.2) is 29.4 Å². The van der Waals surface area contributed by atoms with Crippen molar-refractivity contribution in [2.75, 3.05) is 4.72 Å². The van der Waals surface area contributed by atoms with E-state index < -0.39 is 10.0 Å². The average molecular weight is 349 g/mol. The maximum Gasteiger partial charge on any atom is 0.263 e. The summed E-state index contributed by atoms with van der Waals surface area (Å²) in [6, 6.07) is 2.83. The first-order valence-corrected chi connectivity index (χ1v) is 8.34. The molecule has 0 saturated carbocycles. The maximum absolute atomic E-state index is 12.4. The van der Waals surface area contributed by atoms with Gasteiger partial charge in [0.05, 0.1) is 16.9 Å². The summed E-state index contributed by atoms with van der Waals surface area (Å²) in [5.74, 6) is 0. The van der Waals surface area contributed by atoms with Crippen LogP contribution in [0, 0.1) is 0 Å². The van der Waals surface area contributed by atoms with Crippen LogP contribution in [-0.4, -0.2) is 18.2 Å². The number of nitrogens with one attached hydrogen (secondary N) is 1. The van der Waals surface area contributed by atoms with Gasteiger partial charge in [0.15, 0.2) is 0 Å². The Morgan fingerprint density at radius 3 is 2.67 bits per heavy atom. The van der Waals surface area contributed by atoms with E-state index in [4.69, 9.17) is 28.9 Å². The molecule has 0 aliphatic heterocycles. The molecule has 3 N–H and O–H groups in total. The fourth-order valence-electron chi connectivity index (χ4n) is 1.76. The van der Waals surface area contributed by atoms with Crippen molar-refractivity contribution in [3.05, 3.63) is 40.1 Å². The van der Waals surface area contributed by atoms with Gasteiger partial charge in [-0.2, -0.15) is 5.10 Å². The van der Waals surface area contributed by atoms with Crippen LogP contribution in [0.3, 0.4) is 0 Å². The Bertz CT molecular complexity index is 759. The van der Waals surface area contributed by atoms with E-state index in [1.165, 1.54) is 18.3 Å². The summed E-state index contributed by atoms with van der Waals surface area (Å²) in [5.41, 5.74) is 6.35. The minimum absolute atomic E-state index is 0.0669. The van der Waals surface area contributed by atoms with Gasteiger partial charge in [0.25, 0.3) is 10.0 Å². The first-order valence-electron chi connectivity index (χ1n) is 6.10. The van der Waals surface area contributed by atoms with Gasteiger partial charge in [-0.3, -0.25) is 9.40 Å². The van der Waals surface area contributed by atoms with E-state index in [-0.39, 0.29) is 21.5 Å². The Labute approximate surface area is 132 Å². The first kappa shape index (κ1) is 16.1. The van der Waals surface area contributed by atoms with Crippen molar-refractivity contribution in [1.29, 1.82) is 0 Å². The zero-order valence-corrected chi connectivity index (χ0v) is 13.5. The Hall–Kier alpha value is -1.28. The molecule has 0 fully saturated rings. The second kappa shape index (κ2) is 6.23. The molecule has 114 valence electrons. The number of aryl methyl sites for hydroxylation is 1. The molecule has 0 spiro atoms. The van der Waals surface area contributed by atoms with E-state index in [0.29, 0.717) is 17.8 Å². The molecular weight excluding hydrogens is 335 g/mol. The molecule has 0 bridgehead atoms. The number of hydrogen-bond donors (Lipinski definition) is 2. The Balaban J connectivity index is 2.42. The largest absolute Gasteiger partial charge is 0.326 e. The predicted molar refractivity (Wildman–Crippen MR) is 83.1 cm³/mol. The number of hydrogen-bond acceptors (Lipinski definition) is 4. The highest BCUT2D eigenvalue weighted by atomic mass is 35.5. The molecular formula is C12H14Cl2N4O2S. The van der Waals surface area contributed by atoms with Gasteiger partial charge >= 0.3 is 0 Å². The Kier molecular flexibility index (Phi) is 4.77. The minimum atomic E-state index is -3.87. The zero-order chi connectivity index (χ0) is 15.6. The van der Waals surface area contributed by atoms with Gasteiger partial charge in [-0.25, -0.2) is 8.42 Å². The fourth-order valence-corrected chi connectivity index (χ4v) is 3.73. The van der Waals surface area contributed by atoms with Crippen LogP contribution in [-0.2, 0) is 23.1 Å². The van der Waals surface area contributed by atoms with Gasteiger partial charge in [0.2, 0.25) is 0 Å². The van der Waals surface area contributed by atoms with Crippen molar-refractivity contribution in [2.24, 2.45) is 5.73 Å². The third-order valence-electron chi connectivity index (χ3n) is 2.80. The maximum atomic E-state index is 12.4.